The number of benzene rings is 2. The van der Waals surface area contributed by atoms with Gasteiger partial charge in [-0.3, -0.25) is 0 Å². The number of rotatable bonds is 1. The van der Waals surface area contributed by atoms with Crippen LogP contribution in [-0.2, 0) is 0 Å². The van der Waals surface area contributed by atoms with Crippen molar-refractivity contribution < 1.29 is 0 Å². The van der Waals surface area contributed by atoms with Gasteiger partial charge in [0.2, 0.25) is 0 Å². The topological polar surface area (TPSA) is 65.1 Å². The van der Waals surface area contributed by atoms with E-state index < -0.39 is 0 Å². The summed E-state index contributed by atoms with van der Waals surface area (Å²) in [7, 11) is 0. The van der Waals surface area contributed by atoms with Gasteiger partial charge in [0, 0.05) is 24.5 Å². The zero-order chi connectivity index (χ0) is 13.2. The first-order valence-electron chi connectivity index (χ1n) is 6.19. The van der Waals surface area contributed by atoms with Gasteiger partial charge in [0.15, 0.2) is 0 Å². The molecule has 1 aliphatic heterocycles. The molecule has 0 unspecified atom stereocenters. The summed E-state index contributed by atoms with van der Waals surface area (Å²) in [6.07, 6.45) is 0. The Morgan fingerprint density at radius 1 is 1.16 bits per heavy atom. The number of nitrogen functional groups attached to an aromatic ring is 1. The highest BCUT2D eigenvalue weighted by atomic mass is 15.2. The third-order valence-electron chi connectivity index (χ3n) is 3.27. The lowest BCUT2D eigenvalue weighted by Crippen LogP contribution is -2.30. The number of anilines is 4. The minimum atomic E-state index is 0.672. The molecule has 3 N–H and O–H groups in total. The Morgan fingerprint density at radius 3 is 2.68 bits per heavy atom. The molecule has 0 spiro atoms. The molecular formula is C15H14N4. The summed E-state index contributed by atoms with van der Waals surface area (Å²) < 4.78 is 0. The molecule has 0 fully saturated rings. The van der Waals surface area contributed by atoms with Gasteiger partial charge in [-0.15, -0.1) is 0 Å². The maximum Gasteiger partial charge on any atom is 0.0992 e. The van der Waals surface area contributed by atoms with Crippen LogP contribution < -0.4 is 16.0 Å². The first-order valence-corrected chi connectivity index (χ1v) is 6.19. The predicted molar refractivity (Wildman–Crippen MR) is 77.5 cm³/mol. The molecule has 2 aromatic carbocycles. The fourth-order valence-corrected chi connectivity index (χ4v) is 2.33. The number of nitrogens with zero attached hydrogens (tertiary/aromatic N) is 2. The van der Waals surface area contributed by atoms with Crippen molar-refractivity contribution in [3.05, 3.63) is 48.0 Å². The number of nitriles is 1. The molecule has 1 aliphatic rings. The molecule has 1 heterocycles. The number of hydrogen-bond donors (Lipinski definition) is 2. The van der Waals surface area contributed by atoms with Crippen LogP contribution in [0.15, 0.2) is 42.5 Å². The average molecular weight is 250 g/mol. The van der Waals surface area contributed by atoms with E-state index in [4.69, 9.17) is 11.0 Å². The van der Waals surface area contributed by atoms with Crippen molar-refractivity contribution in [3.8, 4) is 6.07 Å². The fraction of sp³-hybridized carbons (Fsp3) is 0.133. The Hall–Kier alpha value is -2.67. The summed E-state index contributed by atoms with van der Waals surface area (Å²) in [4.78, 5) is 2.23. The van der Waals surface area contributed by atoms with Crippen LogP contribution in [0.3, 0.4) is 0 Å². The minimum Gasteiger partial charge on any atom is -0.399 e. The largest absolute Gasteiger partial charge is 0.399 e. The second-order valence-electron chi connectivity index (χ2n) is 4.51. The Kier molecular flexibility index (Phi) is 2.73. The molecule has 0 amide bonds. The highest BCUT2D eigenvalue weighted by Crippen LogP contribution is 2.35. The molecule has 0 aliphatic carbocycles. The first kappa shape index (κ1) is 11.4. The van der Waals surface area contributed by atoms with E-state index in [1.165, 1.54) is 0 Å². The molecule has 19 heavy (non-hydrogen) atoms. The number of nitrogens with one attached hydrogen (secondary N) is 1. The molecular weight excluding hydrogens is 236 g/mol. The van der Waals surface area contributed by atoms with Gasteiger partial charge >= 0.3 is 0 Å². The lowest BCUT2D eigenvalue weighted by atomic mass is 10.1. The summed E-state index contributed by atoms with van der Waals surface area (Å²) in [6.45, 7) is 1.75. The number of nitrogens with two attached hydrogens (primary N) is 1. The molecule has 0 atom stereocenters. The third-order valence-corrected chi connectivity index (χ3v) is 3.27. The lowest BCUT2D eigenvalue weighted by Gasteiger charge is -2.32. The van der Waals surface area contributed by atoms with Crippen LogP contribution in [0.2, 0.25) is 0 Å². The van der Waals surface area contributed by atoms with E-state index in [-0.39, 0.29) is 0 Å². The summed E-state index contributed by atoms with van der Waals surface area (Å²) >= 11 is 0. The maximum absolute atomic E-state index is 8.95. The van der Waals surface area contributed by atoms with Crippen molar-refractivity contribution in [1.29, 1.82) is 5.26 Å². The summed E-state index contributed by atoms with van der Waals surface area (Å²) in [6, 6.07) is 15.7. The van der Waals surface area contributed by atoms with Gasteiger partial charge in [-0.25, -0.2) is 0 Å². The third kappa shape index (κ3) is 2.06. The smallest absolute Gasteiger partial charge is 0.0992 e. The summed E-state index contributed by atoms with van der Waals surface area (Å²) in [5.74, 6) is 0. The Morgan fingerprint density at radius 2 is 1.95 bits per heavy atom. The first-order chi connectivity index (χ1) is 9.28. The summed E-state index contributed by atoms with van der Waals surface area (Å²) in [5, 5.41) is 12.3. The number of hydrogen-bond acceptors (Lipinski definition) is 4. The highest BCUT2D eigenvalue weighted by molar-refractivity contribution is 5.79. The SMILES string of the molecule is N#Cc1ccc2c(c1)NCCN2c1ccc(N)cc1. The zero-order valence-corrected chi connectivity index (χ0v) is 10.4. The molecule has 3 rings (SSSR count). The molecule has 0 saturated carbocycles. The van der Waals surface area contributed by atoms with Gasteiger partial charge in [-0.1, -0.05) is 0 Å². The van der Waals surface area contributed by atoms with Gasteiger partial charge in [-0.05, 0) is 42.5 Å². The molecule has 0 radical (unpaired) electrons. The van der Waals surface area contributed by atoms with E-state index in [9.17, 15) is 0 Å². The molecule has 0 bridgehead atoms. The Bertz CT molecular complexity index is 640. The van der Waals surface area contributed by atoms with E-state index in [1.54, 1.807) is 0 Å². The van der Waals surface area contributed by atoms with Crippen LogP contribution in [-0.4, -0.2) is 13.1 Å². The molecule has 94 valence electrons. The van der Waals surface area contributed by atoms with Gasteiger partial charge < -0.3 is 16.0 Å². The molecule has 0 saturated heterocycles. The zero-order valence-electron chi connectivity index (χ0n) is 10.4. The average Bonchev–Trinajstić information content (AvgIpc) is 2.47. The molecule has 0 aromatic heterocycles. The number of fused-ring (bicyclic) bond motifs is 1. The van der Waals surface area contributed by atoms with E-state index in [0.717, 1.165) is 35.8 Å². The van der Waals surface area contributed by atoms with Gasteiger partial charge in [0.05, 0.1) is 23.0 Å². The minimum absolute atomic E-state index is 0.672. The van der Waals surface area contributed by atoms with Crippen LogP contribution in [0.25, 0.3) is 0 Å². The van der Waals surface area contributed by atoms with Gasteiger partial charge in [-0.2, -0.15) is 5.26 Å². The van der Waals surface area contributed by atoms with Gasteiger partial charge in [0.1, 0.15) is 0 Å². The predicted octanol–water partition coefficient (Wildman–Crippen LogP) is 2.70. The van der Waals surface area contributed by atoms with Crippen LogP contribution in [0, 0.1) is 11.3 Å². The van der Waals surface area contributed by atoms with Crippen molar-refractivity contribution in [2.75, 3.05) is 29.0 Å². The quantitative estimate of drug-likeness (QED) is 0.764. The molecule has 4 heteroatoms. The normalized spacial score (nSPS) is 13.3. The van der Waals surface area contributed by atoms with E-state index >= 15 is 0 Å². The van der Waals surface area contributed by atoms with Crippen molar-refractivity contribution in [2.24, 2.45) is 0 Å². The Balaban J connectivity index is 2.03. The van der Waals surface area contributed by atoms with Crippen LogP contribution >= 0.6 is 0 Å². The van der Waals surface area contributed by atoms with Crippen molar-refractivity contribution >= 4 is 22.7 Å². The van der Waals surface area contributed by atoms with E-state index in [1.807, 2.05) is 42.5 Å². The van der Waals surface area contributed by atoms with Crippen LogP contribution in [0.4, 0.5) is 22.7 Å². The maximum atomic E-state index is 8.95. The fourth-order valence-electron chi connectivity index (χ4n) is 2.33. The van der Waals surface area contributed by atoms with Crippen LogP contribution in [0.1, 0.15) is 5.56 Å². The molecule has 4 nitrogen and oxygen atoms in total. The van der Waals surface area contributed by atoms with E-state index in [0.29, 0.717) is 5.56 Å². The highest BCUT2D eigenvalue weighted by Gasteiger charge is 2.18. The Labute approximate surface area is 112 Å². The monoisotopic (exact) mass is 250 g/mol. The second-order valence-corrected chi connectivity index (χ2v) is 4.51. The second kappa shape index (κ2) is 4.54. The summed E-state index contributed by atoms with van der Waals surface area (Å²) in [5.41, 5.74) is 10.4. The molecule has 2 aromatic rings. The van der Waals surface area contributed by atoms with E-state index in [2.05, 4.69) is 16.3 Å². The van der Waals surface area contributed by atoms with Crippen molar-refractivity contribution in [1.82, 2.24) is 0 Å². The van der Waals surface area contributed by atoms with Crippen molar-refractivity contribution in [3.63, 3.8) is 0 Å². The van der Waals surface area contributed by atoms with Crippen molar-refractivity contribution in [2.45, 2.75) is 0 Å². The van der Waals surface area contributed by atoms with Gasteiger partial charge in [0.25, 0.3) is 0 Å². The lowest BCUT2D eigenvalue weighted by molar-refractivity contribution is 0.926. The standard InChI is InChI=1S/C15H14N4/c16-10-11-1-6-15-14(9-11)18-7-8-19(15)13-4-2-12(17)3-5-13/h1-6,9,18H,7-8,17H2. The van der Waals surface area contributed by atoms with Crippen LogP contribution in [0.5, 0.6) is 0 Å².